The van der Waals surface area contributed by atoms with E-state index in [1.807, 2.05) is 202 Å². The molecule has 2 unspecified atom stereocenters. The Bertz CT molecular complexity index is 4650. The Balaban J connectivity index is 0.000000169. The molecule has 13 rings (SSSR count). The van der Waals surface area contributed by atoms with Crippen LogP contribution < -0.4 is 33.4 Å². The largest absolute Gasteiger partial charge is 0.743 e. The first-order valence-corrected chi connectivity index (χ1v) is 33.3. The second kappa shape index (κ2) is 26.5. The molecule has 0 amide bonds. The highest BCUT2D eigenvalue weighted by Gasteiger charge is 2.38. The number of aromatic amines is 1. The summed E-state index contributed by atoms with van der Waals surface area (Å²) in [6, 6.07) is 67.4. The number of hydrogen-bond donors (Lipinski definition) is 1. The minimum Gasteiger partial charge on any atom is -0.743 e. The molecule has 0 aliphatic carbocycles. The smallest absolute Gasteiger partial charge is 0.374 e. The van der Waals surface area contributed by atoms with Crippen LogP contribution in [0.2, 0.25) is 0 Å². The van der Waals surface area contributed by atoms with Crippen LogP contribution in [0.15, 0.2) is 239 Å². The maximum atomic E-state index is 12.1. The lowest BCUT2D eigenvalue weighted by molar-refractivity contribution is -0.665. The number of pyridine rings is 1. The molecule has 2 aliphatic rings. The molecule has 0 bridgehead atoms. The highest BCUT2D eigenvalue weighted by atomic mass is 32.2. The van der Waals surface area contributed by atoms with Gasteiger partial charge >= 0.3 is 11.8 Å². The number of hydrogen-bond acceptors (Lipinski definition) is 14. The van der Waals surface area contributed by atoms with Crippen molar-refractivity contribution in [3.05, 3.63) is 242 Å². The van der Waals surface area contributed by atoms with Gasteiger partial charge in [-0.2, -0.15) is 8.42 Å². The van der Waals surface area contributed by atoms with Crippen molar-refractivity contribution in [2.75, 3.05) is 22.2 Å². The van der Waals surface area contributed by atoms with E-state index in [0.29, 0.717) is 52.5 Å². The fourth-order valence-corrected chi connectivity index (χ4v) is 12.8. The van der Waals surface area contributed by atoms with Crippen molar-refractivity contribution in [3.63, 3.8) is 0 Å². The van der Waals surface area contributed by atoms with Crippen LogP contribution in [0.1, 0.15) is 38.5 Å². The number of nitrogens with one attached hydrogen (secondary N) is 1. The number of benzene rings is 8. The summed E-state index contributed by atoms with van der Waals surface area (Å²) in [5.41, 5.74) is 11.7. The number of nitrogens with zero attached hydrogens (tertiary/aromatic N) is 4. The van der Waals surface area contributed by atoms with Crippen molar-refractivity contribution in [2.45, 2.75) is 57.3 Å². The molecular weight excluding hydrogens is 1190 g/mol. The van der Waals surface area contributed by atoms with Gasteiger partial charge in [0.25, 0.3) is 21.2 Å². The quantitative estimate of drug-likeness (QED) is 0.0658. The topological polar surface area (TPSA) is 242 Å². The molecule has 89 heavy (non-hydrogen) atoms. The Kier molecular flexibility index (Phi) is 18.2. The second-order valence-electron chi connectivity index (χ2n) is 21.1. The number of fused-ring (bicyclic) bond motifs is 4. The Morgan fingerprint density at radius 2 is 0.944 bits per heavy atom. The zero-order valence-corrected chi connectivity index (χ0v) is 50.9. The lowest BCUT2D eigenvalue weighted by atomic mass is 10.0. The van der Waals surface area contributed by atoms with Crippen LogP contribution >= 0.6 is 0 Å². The standard InChI is InChI=1S/C33H30N2O8S2.C30H26N2O5S.C5H5N/c1-2-23(17-32-34(21-44(36,37)38)28-19-26(13-15-30(28)42-32)24-9-5-3-6-10-24)18-33-35(22-45(39,40)41)29-20-27(14-16-31(29)43-33)25-11-7-4-8-12-25;1-2-31-25-17-23(21-9-5-3-6-10-21)13-15-27(25)36-29(31)19-30-32(20-38(33,34)35)26-18-24(14-16-28(26)37-30)22-11-7-4-8-12-22;1-2-4-6-5-3-1/h3-17,19-20,33H,2,18,21-22H2,1H3,(H-,36,37,38,39,40,41);3-18,29H,2,19-20H2,1H3;1-5H/p+1/b23-17-;;. The minimum absolute atomic E-state index is 0.148. The molecule has 0 spiro atoms. The third-order valence-electron chi connectivity index (χ3n) is 15.1. The maximum absolute atomic E-state index is 12.1. The molecule has 0 saturated carbocycles. The average molecular weight is 1250 g/mol. The predicted octanol–water partition coefficient (Wildman–Crippen LogP) is 11.7. The Labute approximate surface area is 516 Å². The van der Waals surface area contributed by atoms with Gasteiger partial charge in [-0.1, -0.05) is 164 Å². The number of rotatable bonds is 17. The molecule has 2 N–H and O–H groups in total. The Hall–Kier alpha value is -9.48. The Morgan fingerprint density at radius 1 is 0.517 bits per heavy atom. The van der Waals surface area contributed by atoms with E-state index in [1.165, 1.54) is 14.0 Å². The SMILES string of the molecule is CC/C(=C/c1oc2ccc(-c3ccccc3)cc2[n+]1CS(=O)(=O)[O-])CC1Oc2ccc(-c3ccccc3)cc2N1CS(=O)(=O)O.CCN1c2cc(-c3ccccc3)ccc2OC1Cc1oc2ccc(-c3ccccc3)cc2[n+]1CS(=O)(=O)[O-].c1cc[nH+]cc1. The predicted molar refractivity (Wildman–Crippen MR) is 337 cm³/mol. The summed E-state index contributed by atoms with van der Waals surface area (Å²) in [6.45, 7) is 4.61. The summed E-state index contributed by atoms with van der Waals surface area (Å²) < 4.78 is 133. The summed E-state index contributed by atoms with van der Waals surface area (Å²) in [4.78, 5) is 6.51. The van der Waals surface area contributed by atoms with Crippen molar-refractivity contribution < 1.29 is 71.3 Å². The van der Waals surface area contributed by atoms with E-state index in [-0.39, 0.29) is 18.7 Å². The van der Waals surface area contributed by atoms with Crippen LogP contribution in [0, 0.1) is 0 Å². The molecule has 454 valence electrons. The molecule has 0 saturated heterocycles. The highest BCUT2D eigenvalue weighted by molar-refractivity contribution is 7.85. The van der Waals surface area contributed by atoms with Crippen LogP contribution in [-0.2, 0) is 48.5 Å². The van der Waals surface area contributed by atoms with Gasteiger partial charge in [-0.05, 0) is 94.3 Å². The number of anilines is 2. The highest BCUT2D eigenvalue weighted by Crippen LogP contribution is 2.43. The molecule has 5 heterocycles. The van der Waals surface area contributed by atoms with Crippen molar-refractivity contribution in [1.29, 1.82) is 0 Å². The second-order valence-corrected chi connectivity index (χ2v) is 25.3. The molecule has 2 atom stereocenters. The number of H-pyrrole nitrogens is 1. The minimum atomic E-state index is -4.70. The van der Waals surface area contributed by atoms with Crippen LogP contribution in [0.3, 0.4) is 0 Å². The lowest BCUT2D eigenvalue weighted by Gasteiger charge is -2.24. The average Bonchev–Trinajstić information content (AvgIpc) is 1.80. The van der Waals surface area contributed by atoms with E-state index in [4.69, 9.17) is 18.3 Å². The van der Waals surface area contributed by atoms with Crippen LogP contribution in [-0.4, -0.2) is 63.8 Å². The van der Waals surface area contributed by atoms with Gasteiger partial charge in [-0.3, -0.25) is 4.55 Å². The first kappa shape index (κ1) is 61.2. The molecule has 3 aromatic heterocycles. The molecule has 2 aliphatic heterocycles. The number of oxazole rings is 2. The van der Waals surface area contributed by atoms with Gasteiger partial charge in [0.1, 0.15) is 23.8 Å². The van der Waals surface area contributed by atoms with Crippen LogP contribution in [0.4, 0.5) is 11.4 Å². The fraction of sp³-hybridized carbons (Fsp3) is 0.162. The molecular formula is C68H62N5O13S3+. The zero-order chi connectivity index (χ0) is 62.3. The zero-order valence-electron chi connectivity index (χ0n) is 48.4. The Morgan fingerprint density at radius 3 is 1.38 bits per heavy atom. The van der Waals surface area contributed by atoms with Crippen molar-refractivity contribution >= 4 is 70.0 Å². The van der Waals surface area contributed by atoms with Crippen molar-refractivity contribution in [1.82, 2.24) is 0 Å². The lowest BCUT2D eigenvalue weighted by Crippen LogP contribution is -2.44. The molecule has 18 nitrogen and oxygen atoms in total. The summed E-state index contributed by atoms with van der Waals surface area (Å²) in [7, 11) is -13.7. The molecule has 11 aromatic rings. The summed E-state index contributed by atoms with van der Waals surface area (Å²) >= 11 is 0. The van der Waals surface area contributed by atoms with E-state index in [1.54, 1.807) is 24.3 Å². The number of likely N-dealkylation sites (N-methyl/N-ethyl adjacent to an activating group) is 1. The van der Waals surface area contributed by atoms with E-state index in [9.17, 15) is 38.9 Å². The van der Waals surface area contributed by atoms with E-state index >= 15 is 0 Å². The third-order valence-corrected chi connectivity index (χ3v) is 16.8. The van der Waals surface area contributed by atoms with Gasteiger partial charge in [0, 0.05) is 37.2 Å². The molecule has 0 fully saturated rings. The van der Waals surface area contributed by atoms with E-state index in [0.717, 1.165) is 61.5 Å². The van der Waals surface area contributed by atoms with E-state index < -0.39 is 60.4 Å². The van der Waals surface area contributed by atoms with Gasteiger partial charge in [-0.25, -0.2) is 21.8 Å². The van der Waals surface area contributed by atoms with Gasteiger partial charge in [0.2, 0.25) is 22.9 Å². The maximum Gasteiger partial charge on any atom is 0.374 e. The van der Waals surface area contributed by atoms with E-state index in [2.05, 4.69) is 28.1 Å². The van der Waals surface area contributed by atoms with Gasteiger partial charge in [0.15, 0.2) is 45.1 Å². The summed E-state index contributed by atoms with van der Waals surface area (Å²) in [6.07, 6.45) is 5.11. The molecule has 21 heteroatoms. The summed E-state index contributed by atoms with van der Waals surface area (Å²) in [5, 5.41) is 0. The van der Waals surface area contributed by atoms with Gasteiger partial charge < -0.3 is 37.2 Å². The summed E-state index contributed by atoms with van der Waals surface area (Å²) in [5.74, 6) is -0.535. The van der Waals surface area contributed by atoms with Crippen LogP contribution in [0.25, 0.3) is 72.8 Å². The number of ether oxygens (including phenoxy) is 2. The first-order chi connectivity index (χ1) is 42.9. The van der Waals surface area contributed by atoms with Gasteiger partial charge in [-0.15, -0.1) is 9.13 Å². The monoisotopic (exact) mass is 1250 g/mol. The third kappa shape index (κ3) is 14.9. The normalized spacial score (nSPS) is 14.7. The molecule has 8 aromatic carbocycles. The van der Waals surface area contributed by atoms with Crippen molar-refractivity contribution in [3.8, 4) is 56.0 Å². The first-order valence-electron chi connectivity index (χ1n) is 28.6. The van der Waals surface area contributed by atoms with Crippen molar-refractivity contribution in [2.24, 2.45) is 0 Å². The van der Waals surface area contributed by atoms with Gasteiger partial charge in [0.05, 0.1) is 17.5 Å². The molecule has 0 radical (unpaired) electrons. The fourth-order valence-electron chi connectivity index (χ4n) is 10.9. The van der Waals surface area contributed by atoms with Crippen LogP contribution in [0.5, 0.6) is 11.5 Å². The number of aromatic nitrogens is 3.